The van der Waals surface area contributed by atoms with Crippen molar-refractivity contribution in [2.24, 2.45) is 5.10 Å². The van der Waals surface area contributed by atoms with Gasteiger partial charge in [-0.1, -0.05) is 30.4 Å². The number of rotatable bonds is 5. The molecule has 0 aromatic carbocycles. The molecule has 0 spiro atoms. The highest BCUT2D eigenvalue weighted by Gasteiger charge is 1.82. The average Bonchev–Trinajstić information content (AvgIpc) is 2.10. The van der Waals surface area contributed by atoms with Gasteiger partial charge in [0.1, 0.15) is 0 Å². The number of nitrogens with zero attached hydrogens (tertiary/aromatic N) is 1. The molecule has 0 aliphatic rings. The first-order valence-electron chi connectivity index (χ1n) is 4.55. The van der Waals surface area contributed by atoms with Gasteiger partial charge in [-0.15, -0.1) is 0 Å². The molecule has 0 aliphatic carbocycles. The van der Waals surface area contributed by atoms with E-state index in [1.54, 1.807) is 12.3 Å². The van der Waals surface area contributed by atoms with E-state index in [4.69, 9.17) is 0 Å². The van der Waals surface area contributed by atoms with E-state index in [-0.39, 0.29) is 0 Å². The van der Waals surface area contributed by atoms with Gasteiger partial charge in [-0.05, 0) is 32.9 Å². The van der Waals surface area contributed by atoms with Crippen molar-refractivity contribution < 1.29 is 0 Å². The maximum Gasteiger partial charge on any atom is 0.0575 e. The summed E-state index contributed by atoms with van der Waals surface area (Å²) in [6.07, 6.45) is 11.1. The molecule has 0 radical (unpaired) electrons. The first-order chi connectivity index (χ1) is 6.66. The van der Waals surface area contributed by atoms with E-state index in [2.05, 4.69) is 17.1 Å². The second-order valence-corrected chi connectivity index (χ2v) is 3.08. The highest BCUT2D eigenvalue weighted by atomic mass is 15.3. The molecule has 2 nitrogen and oxygen atoms in total. The molecule has 0 heterocycles. The van der Waals surface area contributed by atoms with Crippen LogP contribution >= 0.6 is 0 Å². The average molecular weight is 190 g/mol. The standard InChI is InChI=1S/C12H18N2/c1-5-6-7-8-9-13-14-12(4)10-11(2)3/h5-10,13H,1H2,2-4H3/b7-6-,9-8+,14-12-. The van der Waals surface area contributed by atoms with E-state index in [9.17, 15) is 0 Å². The van der Waals surface area contributed by atoms with Crippen molar-refractivity contribution in [3.63, 3.8) is 0 Å². The molecule has 0 saturated carbocycles. The minimum absolute atomic E-state index is 0.961. The Kier molecular flexibility index (Phi) is 7.15. The second kappa shape index (κ2) is 8.05. The Morgan fingerprint density at radius 3 is 2.43 bits per heavy atom. The third-order valence-electron chi connectivity index (χ3n) is 1.27. The molecule has 0 aliphatic heterocycles. The van der Waals surface area contributed by atoms with E-state index in [0.29, 0.717) is 0 Å². The molecule has 0 fully saturated rings. The quantitative estimate of drug-likeness (QED) is 0.402. The Bertz CT molecular complexity index is 277. The minimum atomic E-state index is 0.961. The highest BCUT2D eigenvalue weighted by Crippen LogP contribution is 1.89. The molecule has 0 amide bonds. The van der Waals surface area contributed by atoms with E-state index in [1.807, 2.05) is 45.1 Å². The lowest BCUT2D eigenvalue weighted by atomic mass is 10.3. The number of nitrogens with one attached hydrogen (secondary N) is 1. The molecule has 0 aromatic rings. The normalized spacial score (nSPS) is 12.1. The third-order valence-corrected chi connectivity index (χ3v) is 1.27. The fourth-order valence-electron chi connectivity index (χ4n) is 0.830. The number of allylic oxidation sites excluding steroid dienone is 6. The first-order valence-corrected chi connectivity index (χ1v) is 4.55. The number of hydrogen-bond donors (Lipinski definition) is 1. The van der Waals surface area contributed by atoms with Gasteiger partial charge in [0.05, 0.1) is 5.71 Å². The van der Waals surface area contributed by atoms with E-state index in [0.717, 1.165) is 5.71 Å². The van der Waals surface area contributed by atoms with Crippen molar-refractivity contribution in [2.45, 2.75) is 20.8 Å². The summed E-state index contributed by atoms with van der Waals surface area (Å²) in [7, 11) is 0. The maximum absolute atomic E-state index is 4.11. The van der Waals surface area contributed by atoms with Crippen LogP contribution < -0.4 is 5.43 Å². The van der Waals surface area contributed by atoms with E-state index >= 15 is 0 Å². The van der Waals surface area contributed by atoms with Crippen LogP contribution in [0.4, 0.5) is 0 Å². The molecule has 0 aromatic heterocycles. The monoisotopic (exact) mass is 190 g/mol. The van der Waals surface area contributed by atoms with Gasteiger partial charge < -0.3 is 0 Å². The molecule has 14 heavy (non-hydrogen) atoms. The van der Waals surface area contributed by atoms with Crippen LogP contribution in [0.2, 0.25) is 0 Å². The van der Waals surface area contributed by atoms with Crippen molar-refractivity contribution in [1.82, 2.24) is 5.43 Å². The maximum atomic E-state index is 4.11. The molecule has 76 valence electrons. The summed E-state index contributed by atoms with van der Waals surface area (Å²) in [5.41, 5.74) is 5.03. The van der Waals surface area contributed by atoms with Crippen LogP contribution in [-0.4, -0.2) is 5.71 Å². The van der Waals surface area contributed by atoms with Gasteiger partial charge >= 0.3 is 0 Å². The third kappa shape index (κ3) is 8.53. The largest absolute Gasteiger partial charge is 0.286 e. The first kappa shape index (κ1) is 12.4. The summed E-state index contributed by atoms with van der Waals surface area (Å²) in [6, 6.07) is 0. The van der Waals surface area contributed by atoms with Gasteiger partial charge in [0, 0.05) is 6.20 Å². The van der Waals surface area contributed by atoms with Crippen LogP contribution in [0.25, 0.3) is 0 Å². The van der Waals surface area contributed by atoms with Gasteiger partial charge in [-0.25, -0.2) is 0 Å². The predicted molar refractivity (Wildman–Crippen MR) is 64.2 cm³/mol. The van der Waals surface area contributed by atoms with E-state index < -0.39 is 0 Å². The molecule has 0 saturated heterocycles. The van der Waals surface area contributed by atoms with Crippen molar-refractivity contribution in [1.29, 1.82) is 0 Å². The molecule has 0 unspecified atom stereocenters. The SMILES string of the molecule is C=C/C=C\C=C\N/N=C(/C)C=C(C)C. The van der Waals surface area contributed by atoms with Crippen LogP contribution in [0.1, 0.15) is 20.8 Å². The van der Waals surface area contributed by atoms with Crippen molar-refractivity contribution >= 4 is 5.71 Å². The lowest BCUT2D eigenvalue weighted by Crippen LogP contribution is -1.98. The summed E-state index contributed by atoms with van der Waals surface area (Å²) in [5.74, 6) is 0. The van der Waals surface area contributed by atoms with Gasteiger partial charge in [-0.3, -0.25) is 5.43 Å². The Hall–Kier alpha value is -1.57. The number of hydrazone groups is 1. The van der Waals surface area contributed by atoms with Gasteiger partial charge in [0.15, 0.2) is 0 Å². The lowest BCUT2D eigenvalue weighted by Gasteiger charge is -1.93. The van der Waals surface area contributed by atoms with Crippen molar-refractivity contribution in [3.8, 4) is 0 Å². The molecule has 0 bridgehead atoms. The van der Waals surface area contributed by atoms with Crippen LogP contribution in [-0.2, 0) is 0 Å². The fourth-order valence-corrected chi connectivity index (χ4v) is 0.830. The zero-order chi connectivity index (χ0) is 10.8. The van der Waals surface area contributed by atoms with Crippen molar-refractivity contribution in [2.75, 3.05) is 0 Å². The Morgan fingerprint density at radius 1 is 1.14 bits per heavy atom. The van der Waals surface area contributed by atoms with Gasteiger partial charge in [-0.2, -0.15) is 5.10 Å². The van der Waals surface area contributed by atoms with Crippen molar-refractivity contribution in [3.05, 3.63) is 48.7 Å². The Labute approximate surface area is 86.4 Å². The zero-order valence-corrected chi connectivity index (χ0v) is 9.12. The van der Waals surface area contributed by atoms with Crippen LogP contribution in [0, 0.1) is 0 Å². The predicted octanol–water partition coefficient (Wildman–Crippen LogP) is 3.17. The lowest BCUT2D eigenvalue weighted by molar-refractivity contribution is 0.966. The summed E-state index contributed by atoms with van der Waals surface area (Å²) in [5, 5.41) is 4.11. The molecule has 0 atom stereocenters. The highest BCUT2D eigenvalue weighted by molar-refractivity contribution is 5.93. The topological polar surface area (TPSA) is 24.4 Å². The van der Waals surface area contributed by atoms with E-state index in [1.165, 1.54) is 5.57 Å². The van der Waals surface area contributed by atoms with Gasteiger partial charge in [0.25, 0.3) is 0 Å². The van der Waals surface area contributed by atoms with Gasteiger partial charge in [0.2, 0.25) is 0 Å². The number of hydrogen-bond acceptors (Lipinski definition) is 2. The molecule has 1 N–H and O–H groups in total. The molecule has 0 rings (SSSR count). The van der Waals surface area contributed by atoms with Crippen LogP contribution in [0.5, 0.6) is 0 Å². The van der Waals surface area contributed by atoms with Crippen LogP contribution in [0.3, 0.4) is 0 Å². The molecule has 2 heteroatoms. The summed E-state index contributed by atoms with van der Waals surface area (Å²) in [6.45, 7) is 9.60. The van der Waals surface area contributed by atoms with Crippen LogP contribution in [0.15, 0.2) is 53.8 Å². The zero-order valence-electron chi connectivity index (χ0n) is 9.12. The second-order valence-electron chi connectivity index (χ2n) is 3.08. The summed E-state index contributed by atoms with van der Waals surface area (Å²) < 4.78 is 0. The Balaban J connectivity index is 3.93. The molecular formula is C12H18N2. The Morgan fingerprint density at radius 2 is 1.86 bits per heavy atom. The summed E-state index contributed by atoms with van der Waals surface area (Å²) in [4.78, 5) is 0. The fraction of sp³-hybridized carbons (Fsp3) is 0.250. The minimum Gasteiger partial charge on any atom is -0.286 e. The smallest absolute Gasteiger partial charge is 0.0575 e. The molecular weight excluding hydrogens is 172 g/mol. The summed E-state index contributed by atoms with van der Waals surface area (Å²) >= 11 is 0.